The molecule has 3 aromatic rings. The predicted molar refractivity (Wildman–Crippen MR) is 111 cm³/mol. The molecule has 2 N–H and O–H groups in total. The Hall–Kier alpha value is -3.08. The number of amides is 1. The van der Waals surface area contributed by atoms with Gasteiger partial charge in [0.05, 0.1) is 16.7 Å². The molecule has 3 rings (SSSR count). The number of anilines is 3. The Kier molecular flexibility index (Phi) is 6.48. The van der Waals surface area contributed by atoms with Crippen LogP contribution in [0.1, 0.15) is 18.9 Å². The van der Waals surface area contributed by atoms with E-state index in [-0.39, 0.29) is 5.91 Å². The molecule has 0 radical (unpaired) electrons. The Labute approximate surface area is 172 Å². The third-order valence-electron chi connectivity index (χ3n) is 3.65. The Morgan fingerprint density at radius 1 is 1.18 bits per heavy atom. The van der Waals surface area contributed by atoms with Crippen LogP contribution >= 0.6 is 23.4 Å². The lowest BCUT2D eigenvalue weighted by atomic mass is 10.2. The molecule has 0 bridgehead atoms. The lowest BCUT2D eigenvalue weighted by Gasteiger charge is -2.09. The zero-order valence-electron chi connectivity index (χ0n) is 14.9. The SMILES string of the molecule is CCC(=O)Nc1ccc(Sc2ccnc(Nc3ccc(C#N)cc3)n2)c(Cl)c1. The van der Waals surface area contributed by atoms with Crippen LogP contribution in [0.25, 0.3) is 0 Å². The van der Waals surface area contributed by atoms with Crippen LogP contribution in [0.3, 0.4) is 0 Å². The topological polar surface area (TPSA) is 90.7 Å². The minimum Gasteiger partial charge on any atom is -0.326 e. The zero-order chi connectivity index (χ0) is 19.9. The number of carbonyl (C=O) groups excluding carboxylic acids is 1. The van der Waals surface area contributed by atoms with Crippen molar-refractivity contribution in [2.24, 2.45) is 0 Å². The highest BCUT2D eigenvalue weighted by atomic mass is 35.5. The molecule has 1 aromatic heterocycles. The van der Waals surface area contributed by atoms with E-state index in [9.17, 15) is 4.79 Å². The number of rotatable bonds is 6. The number of hydrogen-bond donors (Lipinski definition) is 2. The summed E-state index contributed by atoms with van der Waals surface area (Å²) in [4.78, 5) is 21.0. The average molecular weight is 410 g/mol. The molecule has 0 aliphatic heterocycles. The van der Waals surface area contributed by atoms with Gasteiger partial charge in [-0.1, -0.05) is 30.3 Å². The largest absolute Gasteiger partial charge is 0.326 e. The highest BCUT2D eigenvalue weighted by molar-refractivity contribution is 7.99. The first kappa shape index (κ1) is 19.7. The molecule has 6 nitrogen and oxygen atoms in total. The Morgan fingerprint density at radius 2 is 1.93 bits per heavy atom. The summed E-state index contributed by atoms with van der Waals surface area (Å²) in [6.45, 7) is 1.79. The van der Waals surface area contributed by atoms with Gasteiger partial charge in [-0.15, -0.1) is 0 Å². The number of hydrogen-bond acceptors (Lipinski definition) is 6. The standard InChI is InChI=1S/C20H16ClN5OS/c1-2-18(27)24-15-7-8-17(16(21)11-15)28-19-9-10-23-20(26-19)25-14-5-3-13(12-22)4-6-14/h3-11H,2H2,1H3,(H,24,27)(H,23,25,26). The first-order chi connectivity index (χ1) is 13.6. The van der Waals surface area contributed by atoms with Crippen molar-refractivity contribution in [3.8, 4) is 6.07 Å². The van der Waals surface area contributed by atoms with E-state index in [0.717, 1.165) is 15.6 Å². The summed E-state index contributed by atoms with van der Waals surface area (Å²) in [5, 5.41) is 16.0. The van der Waals surface area contributed by atoms with E-state index < -0.39 is 0 Å². The number of nitrogens with one attached hydrogen (secondary N) is 2. The fourth-order valence-electron chi connectivity index (χ4n) is 2.24. The van der Waals surface area contributed by atoms with Gasteiger partial charge in [0.25, 0.3) is 0 Å². The molecule has 0 spiro atoms. The van der Waals surface area contributed by atoms with Crippen LogP contribution in [0.5, 0.6) is 0 Å². The van der Waals surface area contributed by atoms with Gasteiger partial charge < -0.3 is 10.6 Å². The molecule has 2 aromatic carbocycles. The molecular formula is C20H16ClN5OS. The zero-order valence-corrected chi connectivity index (χ0v) is 16.5. The van der Waals surface area contributed by atoms with Gasteiger partial charge in [0.2, 0.25) is 11.9 Å². The average Bonchev–Trinajstić information content (AvgIpc) is 2.71. The normalized spacial score (nSPS) is 10.2. The molecule has 8 heteroatoms. The quantitative estimate of drug-likeness (QED) is 0.540. The molecule has 0 aliphatic rings. The maximum absolute atomic E-state index is 11.5. The summed E-state index contributed by atoms with van der Waals surface area (Å²) < 4.78 is 0. The van der Waals surface area contributed by atoms with Crippen LogP contribution in [0.15, 0.2) is 64.6 Å². The van der Waals surface area contributed by atoms with Gasteiger partial charge in [-0.05, 0) is 48.5 Å². The number of nitrogens with zero attached hydrogens (tertiary/aromatic N) is 3. The molecule has 0 fully saturated rings. The molecular weight excluding hydrogens is 394 g/mol. The Morgan fingerprint density at radius 3 is 2.61 bits per heavy atom. The van der Waals surface area contributed by atoms with E-state index >= 15 is 0 Å². The van der Waals surface area contributed by atoms with Gasteiger partial charge in [-0.25, -0.2) is 9.97 Å². The monoisotopic (exact) mass is 409 g/mol. The third kappa shape index (κ3) is 5.22. The van der Waals surface area contributed by atoms with Crippen molar-refractivity contribution in [3.05, 3.63) is 65.3 Å². The molecule has 1 amide bonds. The maximum atomic E-state index is 11.5. The van der Waals surface area contributed by atoms with Crippen molar-refractivity contribution in [1.82, 2.24) is 9.97 Å². The van der Waals surface area contributed by atoms with E-state index in [4.69, 9.17) is 16.9 Å². The van der Waals surface area contributed by atoms with E-state index in [1.807, 2.05) is 6.07 Å². The van der Waals surface area contributed by atoms with Gasteiger partial charge >= 0.3 is 0 Å². The summed E-state index contributed by atoms with van der Waals surface area (Å²) in [5.74, 6) is 0.378. The van der Waals surface area contributed by atoms with Crippen LogP contribution in [-0.4, -0.2) is 15.9 Å². The molecule has 140 valence electrons. The van der Waals surface area contributed by atoms with Crippen LogP contribution in [0.4, 0.5) is 17.3 Å². The minimum atomic E-state index is -0.0641. The first-order valence-electron chi connectivity index (χ1n) is 8.45. The summed E-state index contributed by atoms with van der Waals surface area (Å²) >= 11 is 7.75. The fraction of sp³-hybridized carbons (Fsp3) is 0.100. The summed E-state index contributed by atoms with van der Waals surface area (Å²) in [6, 6.07) is 16.3. The van der Waals surface area contributed by atoms with Crippen molar-refractivity contribution in [2.75, 3.05) is 10.6 Å². The fourth-order valence-corrected chi connectivity index (χ4v) is 3.31. The van der Waals surface area contributed by atoms with Crippen LogP contribution < -0.4 is 10.6 Å². The molecule has 1 heterocycles. The minimum absolute atomic E-state index is 0.0641. The van der Waals surface area contributed by atoms with Crippen molar-refractivity contribution < 1.29 is 4.79 Å². The van der Waals surface area contributed by atoms with E-state index in [1.165, 1.54) is 11.8 Å². The van der Waals surface area contributed by atoms with Gasteiger partial charge in [0, 0.05) is 28.9 Å². The Bertz CT molecular complexity index is 1030. The van der Waals surface area contributed by atoms with E-state index in [0.29, 0.717) is 28.6 Å². The van der Waals surface area contributed by atoms with Gasteiger partial charge in [0.1, 0.15) is 5.03 Å². The van der Waals surface area contributed by atoms with Crippen molar-refractivity contribution in [3.63, 3.8) is 0 Å². The second-order valence-corrected chi connectivity index (χ2v) is 7.15. The van der Waals surface area contributed by atoms with Crippen LogP contribution in [-0.2, 0) is 4.79 Å². The van der Waals surface area contributed by atoms with Crippen molar-refractivity contribution in [2.45, 2.75) is 23.3 Å². The molecule has 0 saturated carbocycles. The number of carbonyl (C=O) groups is 1. The summed E-state index contributed by atoms with van der Waals surface area (Å²) in [5.41, 5.74) is 2.03. The Balaban J connectivity index is 1.72. The number of nitriles is 1. The number of aromatic nitrogens is 2. The lowest BCUT2D eigenvalue weighted by molar-refractivity contribution is -0.115. The molecule has 0 saturated heterocycles. The second kappa shape index (κ2) is 9.22. The highest BCUT2D eigenvalue weighted by Crippen LogP contribution is 2.34. The van der Waals surface area contributed by atoms with Gasteiger partial charge in [0.15, 0.2) is 0 Å². The molecule has 0 aliphatic carbocycles. The lowest BCUT2D eigenvalue weighted by Crippen LogP contribution is -2.09. The van der Waals surface area contributed by atoms with Crippen LogP contribution in [0, 0.1) is 11.3 Å². The number of benzene rings is 2. The van der Waals surface area contributed by atoms with E-state index in [2.05, 4.69) is 26.7 Å². The molecule has 0 atom stereocenters. The van der Waals surface area contributed by atoms with Gasteiger partial charge in [-0.2, -0.15) is 5.26 Å². The summed E-state index contributed by atoms with van der Waals surface area (Å²) in [7, 11) is 0. The molecule has 28 heavy (non-hydrogen) atoms. The summed E-state index contributed by atoms with van der Waals surface area (Å²) in [6.07, 6.45) is 2.06. The third-order valence-corrected chi connectivity index (χ3v) is 5.09. The van der Waals surface area contributed by atoms with Gasteiger partial charge in [-0.3, -0.25) is 4.79 Å². The van der Waals surface area contributed by atoms with E-state index in [1.54, 1.807) is 55.6 Å². The predicted octanol–water partition coefficient (Wildman–Crippen LogP) is 5.24. The second-order valence-electron chi connectivity index (χ2n) is 5.68. The first-order valence-corrected chi connectivity index (χ1v) is 9.64. The van der Waals surface area contributed by atoms with Crippen molar-refractivity contribution in [1.29, 1.82) is 5.26 Å². The molecule has 0 unspecified atom stereocenters. The highest BCUT2D eigenvalue weighted by Gasteiger charge is 2.08. The number of halogens is 1. The smallest absolute Gasteiger partial charge is 0.228 e. The van der Waals surface area contributed by atoms with Crippen LogP contribution in [0.2, 0.25) is 5.02 Å². The maximum Gasteiger partial charge on any atom is 0.228 e. The van der Waals surface area contributed by atoms with Crippen molar-refractivity contribution >= 4 is 46.6 Å².